The lowest BCUT2D eigenvalue weighted by Crippen LogP contribution is -2.39. The summed E-state index contributed by atoms with van der Waals surface area (Å²) in [6, 6.07) is 0. The summed E-state index contributed by atoms with van der Waals surface area (Å²) in [6.07, 6.45) is 3.73. The Balaban J connectivity index is 1.69. The molecule has 1 amide bonds. The Morgan fingerprint density at radius 2 is 1.79 bits per heavy atom. The van der Waals surface area contributed by atoms with Crippen molar-refractivity contribution in [2.45, 2.75) is 51.4 Å². The van der Waals surface area contributed by atoms with Crippen molar-refractivity contribution in [3.05, 3.63) is 0 Å². The first-order chi connectivity index (χ1) is 9.19. The van der Waals surface area contributed by atoms with Crippen LogP contribution in [0.4, 0.5) is 0 Å². The molecule has 1 saturated carbocycles. The molecule has 2 aliphatic rings. The predicted octanol–water partition coefficient (Wildman–Crippen LogP) is 1.56. The van der Waals surface area contributed by atoms with Crippen LogP contribution in [0.2, 0.25) is 0 Å². The molecule has 0 bridgehead atoms. The van der Waals surface area contributed by atoms with Gasteiger partial charge in [-0.15, -0.1) is 0 Å². The van der Waals surface area contributed by atoms with E-state index in [1.807, 2.05) is 13.8 Å². The zero-order chi connectivity index (χ0) is 13.7. The highest BCUT2D eigenvalue weighted by Gasteiger charge is 2.40. The molecule has 5 heteroatoms. The van der Waals surface area contributed by atoms with E-state index in [-0.39, 0.29) is 24.4 Å². The minimum absolute atomic E-state index is 0.0821. The Hall–Kier alpha value is -0.650. The van der Waals surface area contributed by atoms with Gasteiger partial charge in [-0.2, -0.15) is 0 Å². The van der Waals surface area contributed by atoms with Gasteiger partial charge in [0.1, 0.15) is 6.61 Å². The van der Waals surface area contributed by atoms with Gasteiger partial charge in [0, 0.05) is 25.9 Å². The van der Waals surface area contributed by atoms with E-state index in [4.69, 9.17) is 14.2 Å². The van der Waals surface area contributed by atoms with Crippen molar-refractivity contribution in [2.24, 2.45) is 0 Å². The molecule has 1 saturated heterocycles. The molecule has 1 aliphatic heterocycles. The SMILES string of the molecule is CCN(CC)C(=O)COC1CCC2(CC1)OCCO2. The third-order valence-corrected chi connectivity index (χ3v) is 4.07. The second-order valence-electron chi connectivity index (χ2n) is 5.18. The van der Waals surface area contributed by atoms with Gasteiger partial charge in [0.15, 0.2) is 5.79 Å². The number of rotatable bonds is 5. The topological polar surface area (TPSA) is 48.0 Å². The Bertz CT molecular complexity index is 288. The molecule has 110 valence electrons. The van der Waals surface area contributed by atoms with Crippen molar-refractivity contribution >= 4 is 5.91 Å². The fraction of sp³-hybridized carbons (Fsp3) is 0.929. The van der Waals surface area contributed by atoms with Crippen LogP contribution in [0.15, 0.2) is 0 Å². The zero-order valence-electron chi connectivity index (χ0n) is 12.0. The summed E-state index contributed by atoms with van der Waals surface area (Å²) in [7, 11) is 0. The number of carbonyl (C=O) groups is 1. The largest absolute Gasteiger partial charge is 0.368 e. The molecule has 1 spiro atoms. The molecule has 0 N–H and O–H groups in total. The molecule has 19 heavy (non-hydrogen) atoms. The van der Waals surface area contributed by atoms with Crippen LogP contribution < -0.4 is 0 Å². The first-order valence-corrected chi connectivity index (χ1v) is 7.36. The molecule has 0 aromatic heterocycles. The fourth-order valence-electron chi connectivity index (χ4n) is 2.84. The van der Waals surface area contributed by atoms with E-state index >= 15 is 0 Å². The van der Waals surface area contributed by atoms with Gasteiger partial charge >= 0.3 is 0 Å². The maximum Gasteiger partial charge on any atom is 0.248 e. The molecule has 2 fully saturated rings. The molecule has 0 aromatic carbocycles. The summed E-state index contributed by atoms with van der Waals surface area (Å²) in [5.41, 5.74) is 0. The molecule has 0 radical (unpaired) electrons. The van der Waals surface area contributed by atoms with E-state index < -0.39 is 0 Å². The Morgan fingerprint density at radius 3 is 2.32 bits per heavy atom. The molecule has 1 heterocycles. The normalized spacial score (nSPS) is 22.8. The van der Waals surface area contributed by atoms with Crippen molar-refractivity contribution in [3.8, 4) is 0 Å². The predicted molar refractivity (Wildman–Crippen MR) is 70.8 cm³/mol. The second kappa shape index (κ2) is 6.68. The lowest BCUT2D eigenvalue weighted by molar-refractivity contribution is -0.192. The number of hydrogen-bond donors (Lipinski definition) is 0. The van der Waals surface area contributed by atoms with Gasteiger partial charge in [0.25, 0.3) is 0 Å². The molecule has 0 unspecified atom stereocenters. The average Bonchev–Trinajstić information content (AvgIpc) is 2.88. The number of ether oxygens (including phenoxy) is 3. The van der Waals surface area contributed by atoms with Crippen LogP contribution in [-0.4, -0.2) is 55.6 Å². The van der Waals surface area contributed by atoms with Crippen LogP contribution in [0, 0.1) is 0 Å². The zero-order valence-corrected chi connectivity index (χ0v) is 12.0. The Labute approximate surface area is 115 Å². The summed E-state index contributed by atoms with van der Waals surface area (Å²) in [6.45, 7) is 7.06. The van der Waals surface area contributed by atoms with Crippen molar-refractivity contribution in [2.75, 3.05) is 32.9 Å². The van der Waals surface area contributed by atoms with Gasteiger partial charge in [0.05, 0.1) is 19.3 Å². The monoisotopic (exact) mass is 271 g/mol. The van der Waals surface area contributed by atoms with E-state index in [1.165, 1.54) is 0 Å². The van der Waals surface area contributed by atoms with Gasteiger partial charge in [-0.1, -0.05) is 0 Å². The van der Waals surface area contributed by atoms with Crippen molar-refractivity contribution in [3.63, 3.8) is 0 Å². The van der Waals surface area contributed by atoms with Gasteiger partial charge in [0.2, 0.25) is 5.91 Å². The molecular weight excluding hydrogens is 246 g/mol. The number of hydrogen-bond acceptors (Lipinski definition) is 4. The van der Waals surface area contributed by atoms with E-state index in [2.05, 4.69) is 0 Å². The summed E-state index contributed by atoms with van der Waals surface area (Å²) in [5, 5.41) is 0. The lowest BCUT2D eigenvalue weighted by Gasteiger charge is -2.35. The third-order valence-electron chi connectivity index (χ3n) is 4.07. The van der Waals surface area contributed by atoms with Crippen LogP contribution in [0.1, 0.15) is 39.5 Å². The van der Waals surface area contributed by atoms with Crippen LogP contribution in [0.5, 0.6) is 0 Å². The fourth-order valence-corrected chi connectivity index (χ4v) is 2.84. The van der Waals surface area contributed by atoms with E-state index in [0.717, 1.165) is 38.8 Å². The van der Waals surface area contributed by atoms with E-state index in [0.29, 0.717) is 13.2 Å². The highest BCUT2D eigenvalue weighted by atomic mass is 16.7. The molecular formula is C14H25NO4. The molecule has 0 atom stereocenters. The van der Waals surface area contributed by atoms with Gasteiger partial charge in [-0.05, 0) is 26.7 Å². The lowest BCUT2D eigenvalue weighted by atomic mass is 9.92. The van der Waals surface area contributed by atoms with Crippen LogP contribution in [0.25, 0.3) is 0 Å². The van der Waals surface area contributed by atoms with Crippen molar-refractivity contribution in [1.29, 1.82) is 0 Å². The second-order valence-corrected chi connectivity index (χ2v) is 5.18. The minimum Gasteiger partial charge on any atom is -0.368 e. The number of likely N-dealkylation sites (N-methyl/N-ethyl adjacent to an activating group) is 1. The molecule has 2 rings (SSSR count). The highest BCUT2D eigenvalue weighted by Crippen LogP contribution is 2.36. The summed E-state index contributed by atoms with van der Waals surface area (Å²) in [4.78, 5) is 13.6. The number of carbonyl (C=O) groups excluding carboxylic acids is 1. The van der Waals surface area contributed by atoms with Crippen LogP contribution in [-0.2, 0) is 19.0 Å². The molecule has 1 aliphatic carbocycles. The number of amides is 1. The maximum absolute atomic E-state index is 11.8. The van der Waals surface area contributed by atoms with Crippen LogP contribution in [0.3, 0.4) is 0 Å². The summed E-state index contributed by atoms with van der Waals surface area (Å²) >= 11 is 0. The van der Waals surface area contributed by atoms with Gasteiger partial charge < -0.3 is 19.1 Å². The summed E-state index contributed by atoms with van der Waals surface area (Å²) < 4.78 is 17.1. The van der Waals surface area contributed by atoms with Crippen molar-refractivity contribution < 1.29 is 19.0 Å². The quantitative estimate of drug-likeness (QED) is 0.761. The minimum atomic E-state index is -0.345. The first kappa shape index (κ1) is 14.8. The first-order valence-electron chi connectivity index (χ1n) is 7.36. The van der Waals surface area contributed by atoms with E-state index in [9.17, 15) is 4.79 Å². The van der Waals surface area contributed by atoms with Crippen LogP contribution >= 0.6 is 0 Å². The molecule has 5 nitrogen and oxygen atoms in total. The van der Waals surface area contributed by atoms with Gasteiger partial charge in [-0.25, -0.2) is 0 Å². The molecule has 0 aromatic rings. The van der Waals surface area contributed by atoms with Crippen molar-refractivity contribution in [1.82, 2.24) is 4.90 Å². The Kier molecular flexibility index (Phi) is 5.19. The smallest absolute Gasteiger partial charge is 0.248 e. The Morgan fingerprint density at radius 1 is 1.21 bits per heavy atom. The number of nitrogens with zero attached hydrogens (tertiary/aromatic N) is 1. The average molecular weight is 271 g/mol. The van der Waals surface area contributed by atoms with Gasteiger partial charge in [-0.3, -0.25) is 4.79 Å². The maximum atomic E-state index is 11.8. The summed E-state index contributed by atoms with van der Waals surface area (Å²) in [5.74, 6) is -0.262. The third kappa shape index (κ3) is 3.68. The highest BCUT2D eigenvalue weighted by molar-refractivity contribution is 5.77. The van der Waals surface area contributed by atoms with E-state index in [1.54, 1.807) is 4.90 Å². The standard InChI is InChI=1S/C14H25NO4/c1-3-15(4-2)13(16)11-17-12-5-7-14(8-6-12)18-9-10-19-14/h12H,3-11H2,1-2H3.